The molecule has 0 fully saturated rings. The fourth-order valence-corrected chi connectivity index (χ4v) is 1.91. The van der Waals surface area contributed by atoms with Crippen LogP contribution in [0.15, 0.2) is 48.5 Å². The number of halogens is 1. The number of ether oxygens (including phenoxy) is 1. The molecule has 1 N–H and O–H groups in total. The van der Waals surface area contributed by atoms with Gasteiger partial charge in [0.2, 0.25) is 0 Å². The summed E-state index contributed by atoms with van der Waals surface area (Å²) in [5, 5.41) is 9.83. The third-order valence-corrected chi connectivity index (χ3v) is 3.20. The van der Waals surface area contributed by atoms with E-state index < -0.39 is 0 Å². The molecule has 0 aliphatic rings. The van der Waals surface area contributed by atoms with Gasteiger partial charge in [0.15, 0.2) is 0 Å². The summed E-state index contributed by atoms with van der Waals surface area (Å²) >= 11 is 5.95. The summed E-state index contributed by atoms with van der Waals surface area (Å²) in [5.74, 6) is 5.50. The minimum absolute atomic E-state index is 0.107. The molecule has 0 radical (unpaired) electrons. The van der Waals surface area contributed by atoms with Gasteiger partial charge in [0.1, 0.15) is 12.4 Å². The predicted molar refractivity (Wildman–Crippen MR) is 85.5 cm³/mol. The molecule has 0 saturated heterocycles. The van der Waals surface area contributed by atoms with Crippen molar-refractivity contribution in [3.63, 3.8) is 0 Å². The first-order chi connectivity index (χ1) is 10.6. The normalized spacial score (nSPS) is 9.68. The molecule has 2 aromatic carbocycles. The molecule has 0 bridgehead atoms. The van der Waals surface area contributed by atoms with E-state index in [0.717, 1.165) is 5.56 Å². The van der Waals surface area contributed by atoms with Gasteiger partial charge < -0.3 is 9.84 Å². The topological polar surface area (TPSA) is 46.5 Å². The standard InChI is InChI=1S/C18H15ClO3/c19-17-11-10-16(20)12-15(17)8-4-5-9-18(21)22-13-14-6-2-1-3-7-14/h1-3,6-7,10-12,20H,5,9,13H2. The van der Waals surface area contributed by atoms with Crippen LogP contribution in [0, 0.1) is 11.8 Å². The van der Waals surface area contributed by atoms with Crippen LogP contribution in [0.4, 0.5) is 0 Å². The number of esters is 1. The number of carbonyl (C=O) groups excluding carboxylic acids is 1. The number of rotatable bonds is 4. The van der Waals surface area contributed by atoms with Gasteiger partial charge >= 0.3 is 5.97 Å². The Morgan fingerprint density at radius 2 is 1.95 bits per heavy atom. The van der Waals surface area contributed by atoms with E-state index in [9.17, 15) is 9.90 Å². The highest BCUT2D eigenvalue weighted by Crippen LogP contribution is 2.20. The van der Waals surface area contributed by atoms with Crippen molar-refractivity contribution in [3.8, 4) is 17.6 Å². The maximum atomic E-state index is 11.6. The van der Waals surface area contributed by atoms with Gasteiger partial charge in [-0.3, -0.25) is 4.79 Å². The third kappa shape index (κ3) is 5.16. The number of carbonyl (C=O) groups is 1. The molecule has 0 aliphatic heterocycles. The summed E-state index contributed by atoms with van der Waals surface area (Å²) < 4.78 is 5.15. The van der Waals surface area contributed by atoms with Gasteiger partial charge in [0, 0.05) is 12.0 Å². The molecule has 0 aliphatic carbocycles. The van der Waals surface area contributed by atoms with Crippen LogP contribution in [0.5, 0.6) is 5.75 Å². The highest BCUT2D eigenvalue weighted by atomic mass is 35.5. The van der Waals surface area contributed by atoms with Crippen LogP contribution in [0.2, 0.25) is 5.02 Å². The molecular weight excluding hydrogens is 300 g/mol. The van der Waals surface area contributed by atoms with Crippen LogP contribution >= 0.6 is 11.6 Å². The summed E-state index contributed by atoms with van der Waals surface area (Å²) in [7, 11) is 0. The van der Waals surface area contributed by atoms with Gasteiger partial charge in [-0.25, -0.2) is 0 Å². The van der Waals surface area contributed by atoms with E-state index in [4.69, 9.17) is 16.3 Å². The Morgan fingerprint density at radius 1 is 1.18 bits per heavy atom. The van der Waals surface area contributed by atoms with Crippen molar-refractivity contribution < 1.29 is 14.6 Å². The van der Waals surface area contributed by atoms with Crippen molar-refractivity contribution in [2.24, 2.45) is 0 Å². The van der Waals surface area contributed by atoms with Crippen LogP contribution in [0.3, 0.4) is 0 Å². The lowest BCUT2D eigenvalue weighted by atomic mass is 10.2. The van der Waals surface area contributed by atoms with E-state index in [1.54, 1.807) is 6.07 Å². The van der Waals surface area contributed by atoms with Gasteiger partial charge in [-0.1, -0.05) is 53.8 Å². The van der Waals surface area contributed by atoms with Gasteiger partial charge in [0.05, 0.1) is 11.4 Å². The van der Waals surface area contributed by atoms with E-state index in [1.165, 1.54) is 12.1 Å². The molecule has 0 aromatic heterocycles. The molecule has 0 heterocycles. The maximum absolute atomic E-state index is 11.6. The van der Waals surface area contributed by atoms with E-state index in [2.05, 4.69) is 11.8 Å². The Labute approximate surface area is 134 Å². The molecule has 0 saturated carbocycles. The first-order valence-electron chi connectivity index (χ1n) is 6.82. The number of benzene rings is 2. The zero-order valence-corrected chi connectivity index (χ0v) is 12.6. The van der Waals surface area contributed by atoms with E-state index in [1.807, 2.05) is 30.3 Å². The lowest BCUT2D eigenvalue weighted by Gasteiger charge is -2.03. The average Bonchev–Trinajstić information content (AvgIpc) is 2.53. The fraction of sp³-hybridized carbons (Fsp3) is 0.167. The molecule has 112 valence electrons. The molecule has 0 spiro atoms. The zero-order chi connectivity index (χ0) is 15.8. The Kier molecular flexibility index (Phi) is 5.88. The van der Waals surface area contributed by atoms with Crippen molar-refractivity contribution in [1.29, 1.82) is 0 Å². The number of phenols is 1. The van der Waals surface area contributed by atoms with Crippen LogP contribution in [-0.4, -0.2) is 11.1 Å². The molecule has 2 aromatic rings. The Balaban J connectivity index is 1.78. The minimum Gasteiger partial charge on any atom is -0.508 e. The summed E-state index contributed by atoms with van der Waals surface area (Å²) in [5.41, 5.74) is 1.49. The molecule has 2 rings (SSSR count). The average molecular weight is 315 g/mol. The van der Waals surface area contributed by atoms with Crippen LogP contribution in [0.25, 0.3) is 0 Å². The Morgan fingerprint density at radius 3 is 2.73 bits per heavy atom. The minimum atomic E-state index is -0.292. The Hall–Kier alpha value is -2.44. The largest absolute Gasteiger partial charge is 0.508 e. The second kappa shape index (κ2) is 8.11. The summed E-state index contributed by atoms with van der Waals surface area (Å²) in [6.45, 7) is 0.269. The second-order valence-corrected chi connectivity index (χ2v) is 5.02. The predicted octanol–water partition coefficient (Wildman–Crippen LogP) is 3.92. The van der Waals surface area contributed by atoms with Crippen molar-refractivity contribution in [2.45, 2.75) is 19.4 Å². The monoisotopic (exact) mass is 314 g/mol. The molecule has 0 unspecified atom stereocenters. The van der Waals surface area contributed by atoms with Crippen LogP contribution in [0.1, 0.15) is 24.0 Å². The van der Waals surface area contributed by atoms with Crippen molar-refractivity contribution in [1.82, 2.24) is 0 Å². The van der Waals surface area contributed by atoms with E-state index >= 15 is 0 Å². The molecule has 22 heavy (non-hydrogen) atoms. The Bertz CT molecular complexity index is 699. The van der Waals surface area contributed by atoms with Crippen molar-refractivity contribution >= 4 is 17.6 Å². The van der Waals surface area contributed by atoms with Gasteiger partial charge in [-0.15, -0.1) is 0 Å². The van der Waals surface area contributed by atoms with Crippen molar-refractivity contribution in [2.75, 3.05) is 0 Å². The highest BCUT2D eigenvalue weighted by molar-refractivity contribution is 6.31. The second-order valence-electron chi connectivity index (χ2n) is 4.61. The first kappa shape index (κ1) is 15.9. The molecular formula is C18H15ClO3. The van der Waals surface area contributed by atoms with Gasteiger partial charge in [-0.05, 0) is 23.8 Å². The van der Waals surface area contributed by atoms with E-state index in [-0.39, 0.29) is 24.7 Å². The lowest BCUT2D eigenvalue weighted by molar-refractivity contribution is -0.144. The summed E-state index contributed by atoms with van der Waals surface area (Å²) in [6, 6.07) is 14.1. The molecule has 3 nitrogen and oxygen atoms in total. The quantitative estimate of drug-likeness (QED) is 0.687. The maximum Gasteiger partial charge on any atom is 0.307 e. The third-order valence-electron chi connectivity index (χ3n) is 2.87. The van der Waals surface area contributed by atoms with Gasteiger partial charge in [-0.2, -0.15) is 0 Å². The summed E-state index contributed by atoms with van der Waals surface area (Å²) in [4.78, 5) is 11.6. The summed E-state index contributed by atoms with van der Waals surface area (Å²) in [6.07, 6.45) is 0.593. The van der Waals surface area contributed by atoms with Gasteiger partial charge in [0.25, 0.3) is 0 Å². The number of phenolic OH excluding ortho intramolecular Hbond substituents is 1. The zero-order valence-electron chi connectivity index (χ0n) is 11.9. The number of hydrogen-bond donors (Lipinski definition) is 1. The first-order valence-corrected chi connectivity index (χ1v) is 7.20. The fourth-order valence-electron chi connectivity index (χ4n) is 1.74. The molecule has 0 amide bonds. The molecule has 0 atom stereocenters. The number of hydrogen-bond acceptors (Lipinski definition) is 3. The smallest absolute Gasteiger partial charge is 0.307 e. The number of aromatic hydroxyl groups is 1. The van der Waals surface area contributed by atoms with Crippen molar-refractivity contribution in [3.05, 3.63) is 64.7 Å². The van der Waals surface area contributed by atoms with Crippen LogP contribution in [-0.2, 0) is 16.1 Å². The van der Waals surface area contributed by atoms with E-state index in [0.29, 0.717) is 17.0 Å². The van der Waals surface area contributed by atoms with Crippen LogP contribution < -0.4 is 0 Å². The SMILES string of the molecule is O=C(CCC#Cc1cc(O)ccc1Cl)OCc1ccccc1. The molecule has 4 heteroatoms. The lowest BCUT2D eigenvalue weighted by Crippen LogP contribution is -2.03. The highest BCUT2D eigenvalue weighted by Gasteiger charge is 2.02.